The molecule has 1 heterocycles. The summed E-state index contributed by atoms with van der Waals surface area (Å²) < 4.78 is 9.31. The number of esters is 2. The number of hydrogen-bond acceptors (Lipinski definition) is 8. The van der Waals surface area contributed by atoms with Crippen LogP contribution in [0.2, 0.25) is 0 Å². The van der Waals surface area contributed by atoms with Crippen molar-refractivity contribution in [1.29, 1.82) is 0 Å². The minimum absolute atomic E-state index is 0.199. The maximum atomic E-state index is 11.3. The summed E-state index contributed by atoms with van der Waals surface area (Å²) in [6.45, 7) is 0.126. The Hall–Kier alpha value is -1.80. The molecule has 0 aromatic carbocycles. The number of carbonyl (C=O) groups excluding carboxylic acids is 2. The zero-order valence-corrected chi connectivity index (χ0v) is 10.9. The first-order chi connectivity index (χ1) is 9.47. The van der Waals surface area contributed by atoms with E-state index >= 15 is 0 Å². The molecule has 1 aliphatic heterocycles. The molecule has 0 unspecified atom stereocenters. The summed E-state index contributed by atoms with van der Waals surface area (Å²) >= 11 is 0. The zero-order valence-electron chi connectivity index (χ0n) is 10.9. The molecule has 8 nitrogen and oxygen atoms in total. The van der Waals surface area contributed by atoms with Gasteiger partial charge in [-0.25, -0.2) is 4.79 Å². The van der Waals surface area contributed by atoms with Crippen LogP contribution in [-0.2, 0) is 19.1 Å². The molecule has 5 N–H and O–H groups in total. The Morgan fingerprint density at radius 3 is 2.60 bits per heavy atom. The van der Waals surface area contributed by atoms with Crippen molar-refractivity contribution >= 4 is 11.9 Å². The Bertz CT molecular complexity index is 393. The molecule has 0 radical (unpaired) electrons. The van der Waals surface area contributed by atoms with Crippen LogP contribution in [0.4, 0.5) is 0 Å². The smallest absolute Gasteiger partial charge is 0.377 e. The second-order valence-electron chi connectivity index (χ2n) is 4.41. The number of ether oxygens (including phenoxy) is 2. The average Bonchev–Trinajstić information content (AvgIpc) is 2.69. The topological polar surface area (TPSA) is 139 Å². The summed E-state index contributed by atoms with van der Waals surface area (Å²) in [5.74, 6) is -3.33. The van der Waals surface area contributed by atoms with Crippen LogP contribution in [0, 0.1) is 0 Å². The lowest BCUT2D eigenvalue weighted by molar-refractivity contribution is -0.154. The van der Waals surface area contributed by atoms with E-state index in [1.54, 1.807) is 0 Å². The quantitative estimate of drug-likeness (QED) is 0.351. The number of unbranched alkanes of at least 4 members (excludes halogenated alkanes) is 2. The second-order valence-corrected chi connectivity index (χ2v) is 4.41. The van der Waals surface area contributed by atoms with E-state index in [2.05, 4.69) is 4.74 Å². The third kappa shape index (κ3) is 4.39. The van der Waals surface area contributed by atoms with E-state index in [9.17, 15) is 19.8 Å². The van der Waals surface area contributed by atoms with Gasteiger partial charge in [0.2, 0.25) is 5.76 Å². The number of nitrogens with two attached hydrogens (primary N) is 1. The monoisotopic (exact) mass is 289 g/mol. The van der Waals surface area contributed by atoms with Gasteiger partial charge in [-0.2, -0.15) is 0 Å². The largest absolute Gasteiger partial charge is 0.505 e. The van der Waals surface area contributed by atoms with E-state index in [4.69, 9.17) is 15.6 Å². The van der Waals surface area contributed by atoms with Crippen LogP contribution >= 0.6 is 0 Å². The number of hydrogen-bond donors (Lipinski definition) is 4. The predicted molar refractivity (Wildman–Crippen MR) is 66.7 cm³/mol. The van der Waals surface area contributed by atoms with E-state index < -0.39 is 42.3 Å². The average molecular weight is 289 g/mol. The van der Waals surface area contributed by atoms with Crippen LogP contribution in [0.1, 0.15) is 25.7 Å². The molecule has 2 atom stereocenters. The summed E-state index contributed by atoms with van der Waals surface area (Å²) in [4.78, 5) is 22.3. The molecule has 0 saturated heterocycles. The van der Waals surface area contributed by atoms with Gasteiger partial charge in [0.05, 0.1) is 0 Å². The lowest BCUT2D eigenvalue weighted by atomic mass is 10.2. The van der Waals surface area contributed by atoms with Crippen LogP contribution in [0.15, 0.2) is 11.5 Å². The Morgan fingerprint density at radius 1 is 1.35 bits per heavy atom. The van der Waals surface area contributed by atoms with Crippen LogP contribution in [0.25, 0.3) is 0 Å². The van der Waals surface area contributed by atoms with Crippen molar-refractivity contribution in [3.8, 4) is 0 Å². The minimum atomic E-state index is -1.43. The molecule has 1 aliphatic rings. The number of cyclic esters (lactones) is 1. The van der Waals surface area contributed by atoms with Crippen LogP contribution in [-0.4, -0.2) is 52.6 Å². The van der Waals surface area contributed by atoms with Gasteiger partial charge in [-0.15, -0.1) is 0 Å². The van der Waals surface area contributed by atoms with E-state index in [0.717, 1.165) is 12.8 Å². The molecule has 0 saturated carbocycles. The molecular formula is C12H19NO7. The van der Waals surface area contributed by atoms with Crippen LogP contribution < -0.4 is 5.73 Å². The Labute approximate surface area is 115 Å². The van der Waals surface area contributed by atoms with Crippen molar-refractivity contribution in [2.45, 2.75) is 37.9 Å². The highest BCUT2D eigenvalue weighted by Crippen LogP contribution is 2.21. The van der Waals surface area contributed by atoms with Crippen molar-refractivity contribution in [3.05, 3.63) is 11.5 Å². The van der Waals surface area contributed by atoms with Crippen molar-refractivity contribution in [2.24, 2.45) is 5.73 Å². The number of rotatable bonds is 8. The van der Waals surface area contributed by atoms with Crippen molar-refractivity contribution < 1.29 is 34.4 Å². The Morgan fingerprint density at radius 2 is 2.05 bits per heavy atom. The van der Waals surface area contributed by atoms with Gasteiger partial charge in [-0.1, -0.05) is 6.42 Å². The SMILES string of the molecule is NCCCCCC(=O)OC[C@H](O)[C@H]1OC(=O)C(O)=C1O. The standard InChI is InChI=1S/C12H19NO7/c13-5-3-1-2-4-8(15)19-6-7(14)11-9(16)10(17)12(18)20-11/h7,11,14,16-17H,1-6,13H2/t7-,11+/m0/s1. The maximum absolute atomic E-state index is 11.3. The maximum Gasteiger partial charge on any atom is 0.377 e. The summed E-state index contributed by atoms with van der Waals surface area (Å²) in [6, 6.07) is 0. The summed E-state index contributed by atoms with van der Waals surface area (Å²) in [7, 11) is 0. The van der Waals surface area contributed by atoms with E-state index in [1.807, 2.05) is 0 Å². The van der Waals surface area contributed by atoms with Gasteiger partial charge >= 0.3 is 11.9 Å². The molecule has 20 heavy (non-hydrogen) atoms. The molecule has 0 fully saturated rings. The van der Waals surface area contributed by atoms with Crippen LogP contribution in [0.5, 0.6) is 0 Å². The first kappa shape index (κ1) is 16.3. The molecule has 0 aliphatic carbocycles. The van der Waals surface area contributed by atoms with Gasteiger partial charge in [0.1, 0.15) is 12.7 Å². The van der Waals surface area contributed by atoms with Gasteiger partial charge in [0, 0.05) is 6.42 Å². The Balaban J connectivity index is 2.28. The highest BCUT2D eigenvalue weighted by atomic mass is 16.6. The Kier molecular flexibility index (Phi) is 6.26. The lowest BCUT2D eigenvalue weighted by Gasteiger charge is -2.17. The minimum Gasteiger partial charge on any atom is -0.505 e. The molecular weight excluding hydrogens is 270 g/mol. The van der Waals surface area contributed by atoms with Gasteiger partial charge in [0.15, 0.2) is 11.9 Å². The van der Waals surface area contributed by atoms with E-state index in [-0.39, 0.29) is 6.42 Å². The van der Waals surface area contributed by atoms with E-state index in [1.165, 1.54) is 0 Å². The molecule has 8 heteroatoms. The fourth-order valence-electron chi connectivity index (χ4n) is 1.66. The lowest BCUT2D eigenvalue weighted by Crippen LogP contribution is -2.33. The molecule has 0 amide bonds. The molecule has 0 spiro atoms. The van der Waals surface area contributed by atoms with Gasteiger partial charge in [-0.3, -0.25) is 4.79 Å². The second kappa shape index (κ2) is 7.71. The fourth-order valence-corrected chi connectivity index (χ4v) is 1.66. The zero-order chi connectivity index (χ0) is 15.1. The molecule has 1 rings (SSSR count). The third-order valence-electron chi connectivity index (χ3n) is 2.79. The van der Waals surface area contributed by atoms with Gasteiger partial charge in [-0.05, 0) is 19.4 Å². The van der Waals surface area contributed by atoms with Crippen LogP contribution in [0.3, 0.4) is 0 Å². The summed E-state index contributed by atoms with van der Waals surface area (Å²) in [5, 5.41) is 28.0. The molecule has 0 aromatic heterocycles. The van der Waals surface area contributed by atoms with Gasteiger partial charge < -0.3 is 30.5 Å². The van der Waals surface area contributed by atoms with E-state index in [0.29, 0.717) is 13.0 Å². The molecule has 0 aromatic rings. The molecule has 0 bridgehead atoms. The fraction of sp³-hybridized carbons (Fsp3) is 0.667. The summed E-state index contributed by atoms with van der Waals surface area (Å²) in [5.41, 5.74) is 5.31. The highest BCUT2D eigenvalue weighted by Gasteiger charge is 2.39. The first-order valence-electron chi connectivity index (χ1n) is 6.34. The van der Waals surface area contributed by atoms with Crippen molar-refractivity contribution in [1.82, 2.24) is 0 Å². The first-order valence-corrected chi connectivity index (χ1v) is 6.34. The number of aliphatic hydroxyl groups excluding tert-OH is 3. The number of carbonyl (C=O) groups is 2. The highest BCUT2D eigenvalue weighted by molar-refractivity contribution is 5.89. The predicted octanol–water partition coefficient (Wildman–Crippen LogP) is -0.337. The van der Waals surface area contributed by atoms with Crippen molar-refractivity contribution in [2.75, 3.05) is 13.2 Å². The van der Waals surface area contributed by atoms with Gasteiger partial charge in [0.25, 0.3) is 0 Å². The number of aliphatic hydroxyl groups is 3. The normalized spacial score (nSPS) is 19.9. The molecule has 114 valence electrons. The van der Waals surface area contributed by atoms with Crippen molar-refractivity contribution in [3.63, 3.8) is 0 Å². The third-order valence-corrected chi connectivity index (χ3v) is 2.79. The summed E-state index contributed by atoms with van der Waals surface area (Å²) in [6.07, 6.45) is -0.373.